The first-order valence-electron chi connectivity index (χ1n) is 12.9. The molecule has 1 aliphatic heterocycles. The average Bonchev–Trinajstić information content (AvgIpc) is 3.39. The highest BCUT2D eigenvalue weighted by Gasteiger charge is 2.43. The maximum Gasteiger partial charge on any atom is 0.355 e. The van der Waals surface area contributed by atoms with Gasteiger partial charge in [0.15, 0.2) is 5.84 Å². The van der Waals surface area contributed by atoms with Crippen molar-refractivity contribution in [1.82, 2.24) is 24.6 Å². The summed E-state index contributed by atoms with van der Waals surface area (Å²) >= 11 is 11.8. The van der Waals surface area contributed by atoms with Gasteiger partial charge in [-0.05, 0) is 49.9 Å². The third kappa shape index (κ3) is 7.25. The minimum absolute atomic E-state index is 0.00167. The second-order valence-corrected chi connectivity index (χ2v) is 12.7. The lowest BCUT2D eigenvalue weighted by Gasteiger charge is -2.21. The van der Waals surface area contributed by atoms with Crippen LogP contribution in [0.1, 0.15) is 61.7 Å². The summed E-state index contributed by atoms with van der Waals surface area (Å²) in [5.41, 5.74) is -1.08. The lowest BCUT2D eigenvalue weighted by atomic mass is 9.89. The van der Waals surface area contributed by atoms with E-state index in [0.29, 0.717) is 11.1 Å². The fraction of sp³-hybridized carbons (Fsp3) is 0.385. The molecule has 1 atom stereocenters. The summed E-state index contributed by atoms with van der Waals surface area (Å²) in [6.07, 6.45) is 3.21. The van der Waals surface area contributed by atoms with E-state index in [0.717, 1.165) is 17.9 Å². The Balaban J connectivity index is 0.000000241. The molecule has 4 rings (SSSR count). The maximum absolute atomic E-state index is 12.8. The molecule has 0 radical (unpaired) electrons. The summed E-state index contributed by atoms with van der Waals surface area (Å²) < 4.78 is 51.3. The molecule has 238 valence electrons. The molecular formula is C26H29Cl2F2N7O6S. The van der Waals surface area contributed by atoms with Gasteiger partial charge in [-0.2, -0.15) is 13.5 Å². The van der Waals surface area contributed by atoms with Crippen molar-refractivity contribution >= 4 is 56.6 Å². The number of carboxylic acid groups (broad SMARTS) is 1. The Morgan fingerprint density at radius 3 is 2.30 bits per heavy atom. The molecule has 13 nitrogen and oxygen atoms in total. The van der Waals surface area contributed by atoms with Gasteiger partial charge in [-0.3, -0.25) is 14.5 Å². The van der Waals surface area contributed by atoms with Gasteiger partial charge in [-0.15, -0.1) is 5.10 Å². The molecule has 0 bridgehead atoms. The number of amidine groups is 1. The Morgan fingerprint density at radius 1 is 1.18 bits per heavy atom. The molecule has 2 aromatic heterocycles. The summed E-state index contributed by atoms with van der Waals surface area (Å²) in [6.45, 7) is 5.61. The van der Waals surface area contributed by atoms with Crippen LogP contribution in [0.15, 0.2) is 34.2 Å². The molecule has 44 heavy (non-hydrogen) atoms. The largest absolute Gasteiger partial charge is 0.478 e. The first kappa shape index (κ1) is 34.6. The molecule has 1 aromatic carbocycles. The molecule has 0 fully saturated rings. The highest BCUT2D eigenvalue weighted by Crippen LogP contribution is 2.32. The van der Waals surface area contributed by atoms with Crippen LogP contribution >= 0.6 is 23.2 Å². The number of pyridine rings is 1. The van der Waals surface area contributed by atoms with Crippen LogP contribution in [0.25, 0.3) is 5.69 Å². The molecule has 0 aliphatic carbocycles. The third-order valence-corrected chi connectivity index (χ3v) is 7.91. The predicted octanol–water partition coefficient (Wildman–Crippen LogP) is 4.05. The van der Waals surface area contributed by atoms with Crippen molar-refractivity contribution in [2.45, 2.75) is 53.1 Å². The maximum atomic E-state index is 12.8. The lowest BCUT2D eigenvalue weighted by molar-refractivity contribution is -0.124. The van der Waals surface area contributed by atoms with Crippen LogP contribution in [0.5, 0.6) is 0 Å². The van der Waals surface area contributed by atoms with Crippen LogP contribution in [0.4, 0.5) is 14.5 Å². The number of aromatic carboxylic acids is 1. The zero-order chi connectivity index (χ0) is 33.3. The predicted molar refractivity (Wildman–Crippen MR) is 161 cm³/mol. The third-order valence-electron chi connectivity index (χ3n) is 6.70. The van der Waals surface area contributed by atoms with Gasteiger partial charge in [0.25, 0.3) is 5.91 Å². The van der Waals surface area contributed by atoms with Crippen molar-refractivity contribution in [3.05, 3.63) is 67.6 Å². The van der Waals surface area contributed by atoms with Crippen LogP contribution in [-0.2, 0) is 21.2 Å². The number of aryl methyl sites for hydroxylation is 2. The van der Waals surface area contributed by atoms with Crippen molar-refractivity contribution < 1.29 is 31.9 Å². The van der Waals surface area contributed by atoms with Gasteiger partial charge in [0.1, 0.15) is 17.1 Å². The first-order chi connectivity index (χ1) is 20.3. The number of nitrogens with zero attached hydrogens (tertiary/aromatic N) is 5. The SMILES string of the molecule is CCc1cnc(C2=NC(C)(C(C)C)C(=O)N2)c(C(=O)O)c1.Cc1nn(-c2cc(NS(C)(=O)=O)c(Cl)cc2Cl)c(=O)n1C(F)F. The number of rotatable bonds is 8. The van der Waals surface area contributed by atoms with Gasteiger partial charge >= 0.3 is 18.2 Å². The van der Waals surface area contributed by atoms with Crippen molar-refractivity contribution in [3.8, 4) is 5.69 Å². The fourth-order valence-corrected chi connectivity index (χ4v) is 5.07. The van der Waals surface area contributed by atoms with E-state index in [1.54, 1.807) is 19.2 Å². The normalized spacial score (nSPS) is 16.5. The second-order valence-electron chi connectivity index (χ2n) is 10.2. The Kier molecular flexibility index (Phi) is 10.2. The van der Waals surface area contributed by atoms with Crippen molar-refractivity contribution in [2.24, 2.45) is 10.9 Å². The van der Waals surface area contributed by atoms with Gasteiger partial charge in [0.2, 0.25) is 10.0 Å². The number of aliphatic imine (C=N–C) groups is 1. The fourth-order valence-electron chi connectivity index (χ4n) is 3.94. The van der Waals surface area contributed by atoms with Gasteiger partial charge < -0.3 is 10.4 Å². The number of carbonyl (C=O) groups is 2. The van der Waals surface area contributed by atoms with E-state index in [2.05, 4.69) is 25.1 Å². The Bertz CT molecular complexity index is 1830. The van der Waals surface area contributed by atoms with Crippen LogP contribution < -0.4 is 15.7 Å². The number of sulfonamides is 1. The Hall–Kier alpha value is -3.89. The minimum Gasteiger partial charge on any atom is -0.478 e. The zero-order valence-electron chi connectivity index (χ0n) is 24.3. The van der Waals surface area contributed by atoms with E-state index in [-0.39, 0.29) is 60.7 Å². The van der Waals surface area contributed by atoms with E-state index in [4.69, 9.17) is 23.2 Å². The van der Waals surface area contributed by atoms with Gasteiger partial charge in [0.05, 0.1) is 33.2 Å². The van der Waals surface area contributed by atoms with Crippen LogP contribution in [0, 0.1) is 12.8 Å². The van der Waals surface area contributed by atoms with Crippen LogP contribution in [0.2, 0.25) is 10.0 Å². The highest BCUT2D eigenvalue weighted by molar-refractivity contribution is 7.92. The number of halogens is 4. The minimum atomic E-state index is -3.65. The molecule has 1 amide bonds. The van der Waals surface area contributed by atoms with E-state index in [9.17, 15) is 36.7 Å². The number of carbonyl (C=O) groups excluding carboxylic acids is 1. The van der Waals surface area contributed by atoms with E-state index in [1.807, 2.05) is 20.8 Å². The molecule has 0 saturated carbocycles. The molecule has 3 heterocycles. The van der Waals surface area contributed by atoms with Gasteiger partial charge in [-0.1, -0.05) is 44.0 Å². The van der Waals surface area contributed by atoms with E-state index < -0.39 is 33.8 Å². The van der Waals surface area contributed by atoms with Crippen molar-refractivity contribution in [2.75, 3.05) is 11.0 Å². The zero-order valence-corrected chi connectivity index (χ0v) is 26.6. The van der Waals surface area contributed by atoms with E-state index in [1.165, 1.54) is 13.0 Å². The number of benzene rings is 1. The number of aromatic nitrogens is 4. The number of amides is 1. The first-order valence-corrected chi connectivity index (χ1v) is 15.5. The number of alkyl halides is 2. The molecule has 0 spiro atoms. The molecule has 1 aliphatic rings. The number of hydrogen-bond donors (Lipinski definition) is 3. The molecule has 1 unspecified atom stereocenters. The summed E-state index contributed by atoms with van der Waals surface area (Å²) in [6, 6.07) is 3.88. The highest BCUT2D eigenvalue weighted by atomic mass is 35.5. The van der Waals surface area contributed by atoms with Gasteiger partial charge in [-0.25, -0.2) is 27.6 Å². The number of nitrogens with one attached hydrogen (secondary N) is 2. The number of carboxylic acids is 1. The molecule has 3 N–H and O–H groups in total. The summed E-state index contributed by atoms with van der Waals surface area (Å²) in [7, 11) is -3.65. The number of anilines is 1. The Morgan fingerprint density at radius 2 is 1.82 bits per heavy atom. The van der Waals surface area contributed by atoms with Gasteiger partial charge in [0, 0.05) is 6.20 Å². The van der Waals surface area contributed by atoms with Crippen molar-refractivity contribution in [3.63, 3.8) is 0 Å². The topological polar surface area (TPSA) is 178 Å². The smallest absolute Gasteiger partial charge is 0.355 e. The lowest BCUT2D eigenvalue weighted by Crippen LogP contribution is -2.41. The van der Waals surface area contributed by atoms with Crippen LogP contribution in [0.3, 0.4) is 0 Å². The Labute approximate surface area is 261 Å². The number of hydrogen-bond acceptors (Lipinski definition) is 8. The summed E-state index contributed by atoms with van der Waals surface area (Å²) in [4.78, 5) is 44.1. The average molecular weight is 677 g/mol. The standard InChI is InChI=1S/C15H19N3O3.C11H10Cl2F2N4O3S/c1-5-9-6-10(13(19)20)11(16-7-9)12-17-14(21)15(4,18-12)8(2)3;1-5-16-19(11(20)18(5)10(14)15)9-4-8(17-23(2,21)22)6(12)3-7(9)13/h6-8H,5H2,1-4H3,(H,19,20)(H,17,18,21);3-4,10,17H,1-2H3. The van der Waals surface area contributed by atoms with Crippen molar-refractivity contribution in [1.29, 1.82) is 0 Å². The summed E-state index contributed by atoms with van der Waals surface area (Å²) in [5.74, 6) is -1.31. The molecule has 3 aromatic rings. The van der Waals surface area contributed by atoms with E-state index >= 15 is 0 Å². The molecular weight excluding hydrogens is 647 g/mol. The molecule has 18 heteroatoms. The quantitative estimate of drug-likeness (QED) is 0.320. The summed E-state index contributed by atoms with van der Waals surface area (Å²) in [5, 5.41) is 15.6. The molecule has 0 saturated heterocycles. The monoisotopic (exact) mass is 675 g/mol. The second kappa shape index (κ2) is 13.0. The van der Waals surface area contributed by atoms with Crippen LogP contribution in [-0.4, -0.2) is 62.4 Å².